The summed E-state index contributed by atoms with van der Waals surface area (Å²) in [5.74, 6) is -4.59. The SMILES string of the molecule is CC(C)C[C@H](N)C(=O)NCC(=O)C(CO[P+](=O)O)NC(=O)[C@H](C)NC(=O)[C@H](CCCN=C(N)N)NC(=O)[C@H](CCCN=C(N)N)NC(=O)[C@@H](N)CC(C)C. The zero-order chi connectivity index (χ0) is 41.5. The van der Waals surface area contributed by atoms with Gasteiger partial charge < -0.3 is 61.0 Å². The summed E-state index contributed by atoms with van der Waals surface area (Å²) in [4.78, 5) is 95.2. The number of carbonyl (C=O) groups excluding carboxylic acids is 6. The summed E-state index contributed by atoms with van der Waals surface area (Å²) in [5.41, 5.74) is 33.4. The standard InChI is InChI=1S/C31H60N13O9P/c1-16(2)12-19(32)26(47)40-14-24(45)23(15-53-54(51)52)44-25(46)18(5)41-28(49)21(8-6-10-38-30(34)35)43-29(50)22(9-7-11-39-31(36)37)42-27(48)20(33)13-17(3)4/h16-23H,6-15,32-33H2,1-5H3,(H13-,34,35,36,37,38,39,40,41,42,43,44,46,47,48,49,50,51,52)/p+1/t18-,19-,20-,21-,22-,23?/m0/s1. The van der Waals surface area contributed by atoms with E-state index in [-0.39, 0.29) is 62.5 Å². The highest BCUT2D eigenvalue weighted by Crippen LogP contribution is 2.15. The van der Waals surface area contributed by atoms with Crippen molar-refractivity contribution in [3.63, 3.8) is 0 Å². The fourth-order valence-corrected chi connectivity index (χ4v) is 5.06. The number of nitrogens with one attached hydrogen (secondary N) is 5. The lowest BCUT2D eigenvalue weighted by Crippen LogP contribution is -2.58. The van der Waals surface area contributed by atoms with Crippen LogP contribution < -0.4 is 61.0 Å². The molecule has 0 saturated heterocycles. The Bertz CT molecular complexity index is 1330. The quantitative estimate of drug-likeness (QED) is 0.0164. The number of nitrogens with two attached hydrogens (primary N) is 6. The summed E-state index contributed by atoms with van der Waals surface area (Å²) in [7, 11) is -3.16. The van der Waals surface area contributed by atoms with E-state index >= 15 is 0 Å². The van der Waals surface area contributed by atoms with Crippen LogP contribution in [0, 0.1) is 11.8 Å². The van der Waals surface area contributed by atoms with Crippen LogP contribution in [-0.4, -0.2) is 115 Å². The topological polar surface area (TPSA) is 390 Å². The number of rotatable bonds is 27. The van der Waals surface area contributed by atoms with Gasteiger partial charge in [-0.05, 0) is 57.3 Å². The Morgan fingerprint density at radius 3 is 1.52 bits per heavy atom. The third kappa shape index (κ3) is 22.5. The zero-order valence-corrected chi connectivity index (χ0v) is 32.6. The number of hydrogen-bond acceptors (Lipinski definition) is 12. The molecule has 0 aromatic rings. The van der Waals surface area contributed by atoms with Crippen LogP contribution in [0.5, 0.6) is 0 Å². The van der Waals surface area contributed by atoms with Crippen LogP contribution in [0.4, 0.5) is 0 Å². The van der Waals surface area contributed by atoms with Crippen molar-refractivity contribution in [1.82, 2.24) is 26.6 Å². The number of Topliss-reactive ketones (excluding diaryl/α,β-unsaturated/α-hetero) is 1. The minimum absolute atomic E-state index is 0.0125. The number of nitrogens with zero attached hydrogens (tertiary/aromatic N) is 2. The Hall–Kier alpha value is -4.50. The highest BCUT2D eigenvalue weighted by Gasteiger charge is 2.32. The number of aliphatic imine (C=N–C) groups is 2. The first kappa shape index (κ1) is 49.5. The van der Waals surface area contributed by atoms with Gasteiger partial charge in [0.05, 0.1) is 18.6 Å². The van der Waals surface area contributed by atoms with Crippen LogP contribution in [0.3, 0.4) is 0 Å². The highest BCUT2D eigenvalue weighted by atomic mass is 31.1. The van der Waals surface area contributed by atoms with E-state index in [4.69, 9.17) is 39.3 Å². The molecule has 0 fully saturated rings. The molecule has 0 radical (unpaired) electrons. The maximum absolute atomic E-state index is 13.6. The molecule has 0 aliphatic carbocycles. The Morgan fingerprint density at radius 2 is 1.07 bits per heavy atom. The fraction of sp³-hybridized carbons (Fsp3) is 0.742. The second kappa shape index (κ2) is 26.3. The van der Waals surface area contributed by atoms with Crippen molar-refractivity contribution >= 4 is 55.5 Å². The Morgan fingerprint density at radius 1 is 0.648 bits per heavy atom. The monoisotopic (exact) mass is 790 g/mol. The molecule has 0 aliphatic heterocycles. The van der Waals surface area contributed by atoms with Crippen molar-refractivity contribution in [2.45, 2.75) is 109 Å². The molecule has 0 heterocycles. The lowest BCUT2D eigenvalue weighted by molar-refractivity contribution is -0.134. The summed E-state index contributed by atoms with van der Waals surface area (Å²) >= 11 is 0. The van der Waals surface area contributed by atoms with Crippen molar-refractivity contribution in [2.75, 3.05) is 26.2 Å². The molecule has 0 bridgehead atoms. The average Bonchev–Trinajstić information content (AvgIpc) is 3.06. The van der Waals surface area contributed by atoms with Gasteiger partial charge in [0, 0.05) is 17.7 Å². The second-order valence-corrected chi connectivity index (χ2v) is 14.2. The summed E-state index contributed by atoms with van der Waals surface area (Å²) in [6.07, 6.45) is 1.24. The van der Waals surface area contributed by atoms with Gasteiger partial charge in [-0.1, -0.05) is 27.7 Å². The predicted octanol–water partition coefficient (Wildman–Crippen LogP) is -3.85. The summed E-state index contributed by atoms with van der Waals surface area (Å²) in [5, 5.41) is 12.4. The molecule has 5 amide bonds. The van der Waals surface area contributed by atoms with E-state index in [2.05, 4.69) is 41.1 Å². The van der Waals surface area contributed by atoms with Crippen LogP contribution in [0.2, 0.25) is 0 Å². The Balaban J connectivity index is 5.99. The zero-order valence-electron chi connectivity index (χ0n) is 31.7. The first-order chi connectivity index (χ1) is 25.1. The van der Waals surface area contributed by atoms with E-state index in [0.717, 1.165) is 0 Å². The minimum Gasteiger partial charge on any atom is -0.370 e. The number of amides is 5. The largest absolute Gasteiger partial charge is 0.694 e. The molecule has 0 rings (SSSR count). The minimum atomic E-state index is -3.16. The van der Waals surface area contributed by atoms with Gasteiger partial charge in [0.2, 0.25) is 29.5 Å². The van der Waals surface area contributed by atoms with Crippen molar-refractivity contribution in [3.05, 3.63) is 0 Å². The molecule has 23 heteroatoms. The lowest BCUT2D eigenvalue weighted by Gasteiger charge is -2.26. The molecule has 0 aliphatic rings. The van der Waals surface area contributed by atoms with Crippen LogP contribution in [0.15, 0.2) is 9.98 Å². The van der Waals surface area contributed by atoms with Gasteiger partial charge in [0.1, 0.15) is 30.8 Å². The van der Waals surface area contributed by atoms with Gasteiger partial charge >= 0.3 is 8.25 Å². The molecule has 2 unspecified atom stereocenters. The van der Waals surface area contributed by atoms with Crippen LogP contribution in [0.1, 0.15) is 73.1 Å². The molecule has 0 aromatic carbocycles. The number of hydrogen-bond donors (Lipinski definition) is 12. The normalized spacial score (nSPS) is 14.7. The van der Waals surface area contributed by atoms with Crippen LogP contribution >= 0.6 is 8.25 Å². The molecule has 7 atom stereocenters. The number of ketones is 1. The first-order valence-electron chi connectivity index (χ1n) is 17.6. The van der Waals surface area contributed by atoms with E-state index < -0.39 is 93.0 Å². The molecule has 22 nitrogen and oxygen atoms in total. The molecule has 308 valence electrons. The van der Waals surface area contributed by atoms with E-state index in [1.54, 1.807) is 0 Å². The van der Waals surface area contributed by atoms with Gasteiger partial charge in [0.15, 0.2) is 17.7 Å². The summed E-state index contributed by atoms with van der Waals surface area (Å²) in [6, 6.07) is -7.06. The van der Waals surface area contributed by atoms with Crippen LogP contribution in [0.25, 0.3) is 0 Å². The van der Waals surface area contributed by atoms with E-state index in [0.29, 0.717) is 12.8 Å². The molecular weight excluding hydrogens is 729 g/mol. The maximum Gasteiger partial charge on any atom is 0.694 e. The van der Waals surface area contributed by atoms with E-state index in [1.807, 2.05) is 27.7 Å². The molecule has 54 heavy (non-hydrogen) atoms. The maximum atomic E-state index is 13.6. The van der Waals surface area contributed by atoms with Gasteiger partial charge in [0.25, 0.3) is 0 Å². The van der Waals surface area contributed by atoms with E-state index in [9.17, 15) is 33.3 Å². The first-order valence-corrected chi connectivity index (χ1v) is 18.7. The summed E-state index contributed by atoms with van der Waals surface area (Å²) in [6.45, 7) is 7.71. The summed E-state index contributed by atoms with van der Waals surface area (Å²) < 4.78 is 15.8. The molecule has 18 N–H and O–H groups in total. The van der Waals surface area contributed by atoms with Gasteiger partial charge in [-0.2, -0.15) is 0 Å². The Kier molecular flexibility index (Phi) is 24.1. The molecule has 0 saturated carbocycles. The smallest absolute Gasteiger partial charge is 0.370 e. The Labute approximate surface area is 316 Å². The van der Waals surface area contributed by atoms with Crippen molar-refractivity contribution < 1.29 is 42.7 Å². The van der Waals surface area contributed by atoms with E-state index in [1.165, 1.54) is 6.92 Å². The molecule has 0 spiro atoms. The van der Waals surface area contributed by atoms with Gasteiger partial charge in [-0.25, -0.2) is 0 Å². The van der Waals surface area contributed by atoms with Crippen molar-refractivity contribution in [3.8, 4) is 0 Å². The number of guanidine groups is 2. The number of carbonyl (C=O) groups is 6. The third-order valence-corrected chi connectivity index (χ3v) is 7.90. The van der Waals surface area contributed by atoms with Gasteiger partial charge in [-0.3, -0.25) is 38.8 Å². The molecular formula is C31H61N13O9P+. The average molecular weight is 791 g/mol. The van der Waals surface area contributed by atoms with Gasteiger partial charge in [-0.15, -0.1) is 9.42 Å². The lowest BCUT2D eigenvalue weighted by atomic mass is 10.0. The third-order valence-electron chi connectivity index (χ3n) is 7.53. The second-order valence-electron chi connectivity index (χ2n) is 13.5. The molecule has 0 aromatic heterocycles. The predicted molar refractivity (Wildman–Crippen MR) is 202 cm³/mol. The van der Waals surface area contributed by atoms with Crippen molar-refractivity contribution in [1.29, 1.82) is 0 Å². The van der Waals surface area contributed by atoms with Crippen molar-refractivity contribution in [2.24, 2.45) is 56.2 Å². The fourth-order valence-electron chi connectivity index (χ4n) is 4.78. The highest BCUT2D eigenvalue weighted by molar-refractivity contribution is 7.32. The van der Waals surface area contributed by atoms with Crippen LogP contribution in [-0.2, 0) is 37.9 Å².